The SMILES string of the molecule is NCP(=O)(OCP(=O)(O)O)OCP(=O)(O)O. The molecule has 0 unspecified atom stereocenters. The maximum atomic E-state index is 11.4. The van der Waals surface area contributed by atoms with Crippen LogP contribution in [0.1, 0.15) is 0 Å². The van der Waals surface area contributed by atoms with E-state index in [0.29, 0.717) is 0 Å². The normalized spacial score (nSPS) is 14.1. The van der Waals surface area contributed by atoms with Gasteiger partial charge < -0.3 is 25.3 Å². The van der Waals surface area contributed by atoms with Crippen molar-refractivity contribution in [2.24, 2.45) is 5.73 Å². The predicted molar refractivity (Wildman–Crippen MR) is 52.7 cm³/mol. The quantitative estimate of drug-likeness (QED) is 0.381. The number of nitrogens with two attached hydrogens (primary N) is 1. The Hall–Kier alpha value is 0.410. The van der Waals surface area contributed by atoms with E-state index < -0.39 is 41.8 Å². The van der Waals surface area contributed by atoms with Crippen LogP contribution in [-0.4, -0.2) is 38.6 Å². The molecule has 0 aromatic heterocycles. The van der Waals surface area contributed by atoms with Gasteiger partial charge in [-0.1, -0.05) is 0 Å². The standard InChI is InChI=1S/C3H12NO9P3/c4-1-16(11,12-2-14(5,6)7)13-3-15(8,9)10/h1-4H2,(H2,5,6,7)(H2,8,9,10). The first-order chi connectivity index (χ1) is 6.97. The highest BCUT2D eigenvalue weighted by Gasteiger charge is 2.30. The molecule has 16 heavy (non-hydrogen) atoms. The van der Waals surface area contributed by atoms with E-state index in [1.54, 1.807) is 0 Å². The van der Waals surface area contributed by atoms with Gasteiger partial charge in [0.2, 0.25) is 0 Å². The van der Waals surface area contributed by atoms with Crippen LogP contribution in [-0.2, 0) is 22.7 Å². The third-order valence-electron chi connectivity index (χ3n) is 1.07. The summed E-state index contributed by atoms with van der Waals surface area (Å²) in [6.07, 6.45) is -3.17. The van der Waals surface area contributed by atoms with Crippen molar-refractivity contribution in [3.8, 4) is 0 Å². The van der Waals surface area contributed by atoms with E-state index in [4.69, 9.17) is 25.3 Å². The summed E-state index contributed by atoms with van der Waals surface area (Å²) in [4.78, 5) is 33.7. The monoisotopic (exact) mass is 299 g/mol. The summed E-state index contributed by atoms with van der Waals surface area (Å²) in [5, 5.41) is 0. The Bertz CT molecular complexity index is 325. The van der Waals surface area contributed by atoms with Crippen LogP contribution in [0.4, 0.5) is 0 Å². The van der Waals surface area contributed by atoms with E-state index in [1.807, 2.05) is 0 Å². The predicted octanol–water partition coefficient (Wildman–Crippen LogP) is -0.601. The van der Waals surface area contributed by atoms with Crippen molar-refractivity contribution in [1.82, 2.24) is 0 Å². The first-order valence-electron chi connectivity index (χ1n) is 3.65. The second-order valence-corrected chi connectivity index (χ2v) is 7.92. The molecule has 0 saturated carbocycles. The van der Waals surface area contributed by atoms with E-state index >= 15 is 0 Å². The Kier molecular flexibility index (Phi) is 5.99. The molecule has 0 aromatic carbocycles. The lowest BCUT2D eigenvalue weighted by Gasteiger charge is -2.17. The maximum absolute atomic E-state index is 11.4. The van der Waals surface area contributed by atoms with Gasteiger partial charge in [0.25, 0.3) is 0 Å². The highest BCUT2D eigenvalue weighted by Crippen LogP contribution is 2.53. The van der Waals surface area contributed by atoms with Crippen molar-refractivity contribution in [2.75, 3.05) is 19.0 Å². The molecular formula is C3H12NO9P3. The molecule has 0 saturated heterocycles. The third kappa shape index (κ3) is 8.55. The van der Waals surface area contributed by atoms with Gasteiger partial charge in [-0.2, -0.15) is 0 Å². The molecular weight excluding hydrogens is 287 g/mol. The van der Waals surface area contributed by atoms with Crippen LogP contribution in [0.2, 0.25) is 0 Å². The Morgan fingerprint density at radius 3 is 1.38 bits per heavy atom. The largest absolute Gasteiger partial charge is 0.351 e. The molecule has 10 nitrogen and oxygen atoms in total. The zero-order chi connectivity index (χ0) is 13.0. The molecule has 0 aliphatic rings. The topological polar surface area (TPSA) is 177 Å². The van der Waals surface area contributed by atoms with Gasteiger partial charge >= 0.3 is 22.8 Å². The summed E-state index contributed by atoms with van der Waals surface area (Å²) in [6, 6.07) is 0. The molecule has 0 aliphatic carbocycles. The first kappa shape index (κ1) is 16.4. The van der Waals surface area contributed by atoms with E-state index in [2.05, 4.69) is 9.05 Å². The summed E-state index contributed by atoms with van der Waals surface area (Å²) < 4.78 is 40.7. The summed E-state index contributed by atoms with van der Waals surface area (Å²) >= 11 is 0. The molecule has 0 heterocycles. The summed E-state index contributed by atoms with van der Waals surface area (Å²) in [6.45, 7) is 0. The minimum atomic E-state index is -4.56. The number of hydrogen-bond donors (Lipinski definition) is 5. The third-order valence-corrected chi connectivity index (χ3v) is 3.90. The van der Waals surface area contributed by atoms with Gasteiger partial charge in [0.15, 0.2) is 12.7 Å². The van der Waals surface area contributed by atoms with Crippen LogP contribution in [0.3, 0.4) is 0 Å². The average molecular weight is 299 g/mol. The van der Waals surface area contributed by atoms with Gasteiger partial charge in [-0.15, -0.1) is 0 Å². The highest BCUT2D eigenvalue weighted by atomic mass is 31.2. The number of hydrogen-bond acceptors (Lipinski definition) is 6. The van der Waals surface area contributed by atoms with Crippen LogP contribution >= 0.6 is 22.8 Å². The minimum Gasteiger partial charge on any atom is -0.323 e. The molecule has 0 aliphatic heterocycles. The molecule has 0 amide bonds. The van der Waals surface area contributed by atoms with Crippen molar-refractivity contribution in [3.05, 3.63) is 0 Å². The van der Waals surface area contributed by atoms with Gasteiger partial charge in [0.1, 0.15) is 0 Å². The zero-order valence-electron chi connectivity index (χ0n) is 7.87. The van der Waals surface area contributed by atoms with Crippen LogP contribution in [0.15, 0.2) is 0 Å². The fourth-order valence-electron chi connectivity index (χ4n) is 0.469. The average Bonchev–Trinajstić information content (AvgIpc) is 2.09. The summed E-state index contributed by atoms with van der Waals surface area (Å²) in [7, 11) is -13.2. The Balaban J connectivity index is 4.39. The lowest BCUT2D eigenvalue weighted by Crippen LogP contribution is -2.09. The molecule has 0 aromatic rings. The molecule has 98 valence electrons. The van der Waals surface area contributed by atoms with E-state index in [9.17, 15) is 13.7 Å². The lowest BCUT2D eigenvalue weighted by atomic mass is 11.5. The smallest absolute Gasteiger partial charge is 0.323 e. The van der Waals surface area contributed by atoms with Crippen molar-refractivity contribution < 1.29 is 42.3 Å². The molecule has 6 N–H and O–H groups in total. The lowest BCUT2D eigenvalue weighted by molar-refractivity contribution is 0.220. The van der Waals surface area contributed by atoms with Crippen molar-refractivity contribution >= 4 is 22.8 Å². The van der Waals surface area contributed by atoms with Crippen LogP contribution < -0.4 is 5.73 Å². The minimum absolute atomic E-state index is 0.757. The van der Waals surface area contributed by atoms with Gasteiger partial charge in [-0.25, -0.2) is 0 Å². The van der Waals surface area contributed by atoms with E-state index in [0.717, 1.165) is 0 Å². The second-order valence-electron chi connectivity index (χ2n) is 2.64. The van der Waals surface area contributed by atoms with E-state index in [1.165, 1.54) is 0 Å². The molecule has 0 bridgehead atoms. The van der Waals surface area contributed by atoms with Gasteiger partial charge in [0.05, 0.1) is 6.29 Å². The molecule has 0 spiro atoms. The molecule has 0 fully saturated rings. The van der Waals surface area contributed by atoms with Crippen LogP contribution in [0.5, 0.6) is 0 Å². The highest BCUT2D eigenvalue weighted by molar-refractivity contribution is 7.57. The van der Waals surface area contributed by atoms with Crippen molar-refractivity contribution in [2.45, 2.75) is 0 Å². The maximum Gasteiger partial charge on any atom is 0.351 e. The number of rotatable bonds is 7. The van der Waals surface area contributed by atoms with Gasteiger partial charge in [-0.3, -0.25) is 22.7 Å². The molecule has 0 rings (SSSR count). The summed E-state index contributed by atoms with van der Waals surface area (Å²) in [5.41, 5.74) is 4.95. The molecule has 13 heteroatoms. The Labute approximate surface area is 90.6 Å². The zero-order valence-corrected chi connectivity index (χ0v) is 10.6. The van der Waals surface area contributed by atoms with Gasteiger partial charge in [0, 0.05) is 0 Å². The van der Waals surface area contributed by atoms with Crippen LogP contribution in [0.25, 0.3) is 0 Å². The Morgan fingerprint density at radius 1 is 0.875 bits per heavy atom. The molecule has 0 radical (unpaired) electrons. The van der Waals surface area contributed by atoms with Crippen molar-refractivity contribution in [3.63, 3.8) is 0 Å². The fraction of sp³-hybridized carbons (Fsp3) is 1.00. The molecule has 0 atom stereocenters. The van der Waals surface area contributed by atoms with Crippen LogP contribution in [0, 0.1) is 0 Å². The van der Waals surface area contributed by atoms with E-state index in [-0.39, 0.29) is 0 Å². The Morgan fingerprint density at radius 2 is 1.19 bits per heavy atom. The van der Waals surface area contributed by atoms with Gasteiger partial charge in [-0.05, 0) is 0 Å². The first-order valence-corrected chi connectivity index (χ1v) is 8.97. The van der Waals surface area contributed by atoms with Crippen molar-refractivity contribution in [1.29, 1.82) is 0 Å². The second kappa shape index (κ2) is 5.84. The fourth-order valence-corrected chi connectivity index (χ4v) is 3.37. The summed E-state index contributed by atoms with van der Waals surface area (Å²) in [5.74, 6) is 0.